The number of ether oxygens (including phenoxy) is 1. The SMILES string of the molecule is COc1ccc(N(CC(=O)N=Nc2c(O)[nH]c3ccccc23)S(C)(=O)=O)cc1. The Hall–Kier alpha value is -3.40. The zero-order chi connectivity index (χ0) is 20.3. The van der Waals surface area contributed by atoms with Crippen molar-refractivity contribution in [3.05, 3.63) is 48.5 Å². The lowest BCUT2D eigenvalue weighted by molar-refractivity contribution is -0.116. The maximum Gasteiger partial charge on any atom is 0.285 e. The van der Waals surface area contributed by atoms with Gasteiger partial charge in [-0.05, 0) is 30.3 Å². The Morgan fingerprint density at radius 3 is 2.50 bits per heavy atom. The molecule has 0 radical (unpaired) electrons. The summed E-state index contributed by atoms with van der Waals surface area (Å²) in [6.45, 7) is -0.530. The molecule has 146 valence electrons. The molecule has 10 heteroatoms. The number of anilines is 1. The van der Waals surface area contributed by atoms with Crippen LogP contribution in [0.5, 0.6) is 11.6 Å². The van der Waals surface area contributed by atoms with Gasteiger partial charge in [0.05, 0.1) is 24.6 Å². The van der Waals surface area contributed by atoms with Gasteiger partial charge in [-0.1, -0.05) is 18.2 Å². The van der Waals surface area contributed by atoms with Crippen LogP contribution in [0.1, 0.15) is 0 Å². The van der Waals surface area contributed by atoms with Gasteiger partial charge in [0.1, 0.15) is 12.3 Å². The normalized spacial score (nSPS) is 11.8. The Morgan fingerprint density at radius 2 is 1.86 bits per heavy atom. The van der Waals surface area contributed by atoms with Crippen LogP contribution >= 0.6 is 0 Å². The molecule has 2 N–H and O–H groups in total. The fraction of sp³-hybridized carbons (Fsp3) is 0.167. The van der Waals surface area contributed by atoms with Crippen LogP contribution in [-0.2, 0) is 14.8 Å². The Kier molecular flexibility index (Phi) is 5.32. The number of methoxy groups -OCH3 is 1. The minimum absolute atomic E-state index is 0.110. The van der Waals surface area contributed by atoms with E-state index in [9.17, 15) is 18.3 Å². The number of aromatic nitrogens is 1. The number of hydrogen-bond donors (Lipinski definition) is 2. The van der Waals surface area contributed by atoms with E-state index in [0.717, 1.165) is 10.6 Å². The van der Waals surface area contributed by atoms with Gasteiger partial charge in [0.15, 0.2) is 5.69 Å². The fourth-order valence-electron chi connectivity index (χ4n) is 2.62. The number of carbonyl (C=O) groups excluding carboxylic acids is 1. The summed E-state index contributed by atoms with van der Waals surface area (Å²) in [4.78, 5) is 15.0. The van der Waals surface area contributed by atoms with Crippen molar-refractivity contribution in [1.82, 2.24) is 4.98 Å². The molecule has 0 aliphatic rings. The van der Waals surface area contributed by atoms with E-state index in [1.54, 1.807) is 36.4 Å². The average molecular weight is 402 g/mol. The molecule has 0 atom stereocenters. The third-order valence-corrected chi connectivity index (χ3v) is 5.10. The van der Waals surface area contributed by atoms with Crippen LogP contribution in [0, 0.1) is 0 Å². The predicted octanol–water partition coefficient (Wildman–Crippen LogP) is 2.96. The van der Waals surface area contributed by atoms with Gasteiger partial charge in [-0.15, -0.1) is 10.2 Å². The van der Waals surface area contributed by atoms with Crippen LogP contribution in [0.2, 0.25) is 0 Å². The van der Waals surface area contributed by atoms with Crippen molar-refractivity contribution in [3.63, 3.8) is 0 Å². The van der Waals surface area contributed by atoms with Crippen molar-refractivity contribution in [1.29, 1.82) is 0 Å². The first-order chi connectivity index (χ1) is 13.3. The van der Waals surface area contributed by atoms with E-state index in [-0.39, 0.29) is 11.6 Å². The minimum Gasteiger partial charge on any atom is -0.497 e. The Balaban J connectivity index is 1.84. The van der Waals surface area contributed by atoms with Gasteiger partial charge in [0, 0.05) is 5.39 Å². The summed E-state index contributed by atoms with van der Waals surface area (Å²) in [6, 6.07) is 13.2. The summed E-state index contributed by atoms with van der Waals surface area (Å²) in [5.41, 5.74) is 1.04. The lowest BCUT2D eigenvalue weighted by Gasteiger charge is -2.20. The van der Waals surface area contributed by atoms with Crippen LogP contribution < -0.4 is 9.04 Å². The third-order valence-electron chi connectivity index (χ3n) is 3.96. The monoisotopic (exact) mass is 402 g/mol. The van der Waals surface area contributed by atoms with Crippen molar-refractivity contribution in [2.75, 3.05) is 24.2 Å². The molecule has 0 aliphatic heterocycles. The summed E-state index contributed by atoms with van der Waals surface area (Å²) in [7, 11) is -2.24. The Morgan fingerprint density at radius 1 is 1.18 bits per heavy atom. The number of nitrogens with zero attached hydrogens (tertiary/aromatic N) is 3. The highest BCUT2D eigenvalue weighted by Gasteiger charge is 2.21. The van der Waals surface area contributed by atoms with E-state index in [1.807, 2.05) is 0 Å². The van der Waals surface area contributed by atoms with Crippen molar-refractivity contribution in [2.24, 2.45) is 10.2 Å². The van der Waals surface area contributed by atoms with Gasteiger partial charge in [0.2, 0.25) is 15.9 Å². The number of benzene rings is 2. The largest absolute Gasteiger partial charge is 0.497 e. The van der Waals surface area contributed by atoms with E-state index in [0.29, 0.717) is 22.3 Å². The van der Waals surface area contributed by atoms with Gasteiger partial charge in [-0.3, -0.25) is 9.10 Å². The fourth-order valence-corrected chi connectivity index (χ4v) is 3.47. The number of aromatic amines is 1. The summed E-state index contributed by atoms with van der Waals surface area (Å²) in [6.07, 6.45) is 0.993. The molecule has 0 bridgehead atoms. The van der Waals surface area contributed by atoms with Gasteiger partial charge in [0.25, 0.3) is 5.91 Å². The molecule has 3 rings (SSSR count). The molecule has 0 saturated heterocycles. The van der Waals surface area contributed by atoms with E-state index >= 15 is 0 Å². The highest BCUT2D eigenvalue weighted by molar-refractivity contribution is 7.92. The summed E-state index contributed by atoms with van der Waals surface area (Å²) in [5, 5.41) is 17.9. The maximum atomic E-state index is 12.3. The second-order valence-electron chi connectivity index (χ2n) is 5.93. The molecule has 9 nitrogen and oxygen atoms in total. The van der Waals surface area contributed by atoms with E-state index in [4.69, 9.17) is 4.74 Å². The number of rotatable bonds is 6. The van der Waals surface area contributed by atoms with Crippen LogP contribution in [0.4, 0.5) is 11.4 Å². The number of nitrogens with one attached hydrogen (secondary N) is 1. The van der Waals surface area contributed by atoms with Gasteiger partial charge in [-0.2, -0.15) is 0 Å². The Labute approximate surface area is 161 Å². The molecule has 2 aromatic carbocycles. The summed E-state index contributed by atoms with van der Waals surface area (Å²) in [5.74, 6) is -0.461. The molecule has 1 aromatic heterocycles. The van der Waals surface area contributed by atoms with Crippen LogP contribution in [-0.4, -0.2) is 44.3 Å². The van der Waals surface area contributed by atoms with Crippen molar-refractivity contribution in [2.45, 2.75) is 0 Å². The number of hydrogen-bond acceptors (Lipinski definition) is 6. The number of fused-ring (bicyclic) bond motifs is 1. The van der Waals surface area contributed by atoms with Gasteiger partial charge in [-0.25, -0.2) is 8.42 Å². The summed E-state index contributed by atoms with van der Waals surface area (Å²) < 4.78 is 30.2. The quantitative estimate of drug-likeness (QED) is 0.613. The van der Waals surface area contributed by atoms with E-state index in [1.165, 1.54) is 19.2 Å². The standard InChI is InChI=1S/C18H18N4O5S/c1-27-13-9-7-12(8-10-13)22(28(2,25)26)11-16(23)20-21-17-14-5-3-4-6-15(14)19-18(17)24/h3-10,19,24H,11H2,1-2H3. The molecule has 1 heterocycles. The highest BCUT2D eigenvalue weighted by Crippen LogP contribution is 2.35. The average Bonchev–Trinajstić information content (AvgIpc) is 2.98. The highest BCUT2D eigenvalue weighted by atomic mass is 32.2. The van der Waals surface area contributed by atoms with Crippen molar-refractivity contribution < 1.29 is 23.1 Å². The molecular weight excluding hydrogens is 384 g/mol. The zero-order valence-electron chi connectivity index (χ0n) is 15.2. The molecule has 28 heavy (non-hydrogen) atoms. The summed E-state index contributed by atoms with van der Waals surface area (Å²) >= 11 is 0. The molecule has 1 amide bonds. The first kappa shape index (κ1) is 19.4. The number of H-pyrrole nitrogens is 1. The van der Waals surface area contributed by atoms with Crippen LogP contribution in [0.25, 0.3) is 10.9 Å². The second-order valence-corrected chi connectivity index (χ2v) is 7.84. The van der Waals surface area contributed by atoms with Crippen LogP contribution in [0.15, 0.2) is 58.8 Å². The predicted molar refractivity (Wildman–Crippen MR) is 105 cm³/mol. The van der Waals surface area contributed by atoms with Gasteiger partial charge >= 0.3 is 0 Å². The van der Waals surface area contributed by atoms with Crippen molar-refractivity contribution in [3.8, 4) is 11.6 Å². The van der Waals surface area contributed by atoms with Gasteiger partial charge < -0.3 is 14.8 Å². The molecule has 0 spiro atoms. The topological polar surface area (TPSA) is 124 Å². The van der Waals surface area contributed by atoms with E-state index in [2.05, 4.69) is 15.2 Å². The second kappa shape index (κ2) is 7.69. The first-order valence-corrected chi connectivity index (χ1v) is 10.0. The minimum atomic E-state index is -3.73. The molecule has 0 aliphatic carbocycles. The lowest BCUT2D eigenvalue weighted by Crippen LogP contribution is -2.34. The zero-order valence-corrected chi connectivity index (χ0v) is 16.0. The molecule has 0 fully saturated rings. The molecule has 0 saturated carbocycles. The number of amides is 1. The number of para-hydroxylation sites is 1. The third kappa shape index (κ3) is 4.12. The lowest BCUT2D eigenvalue weighted by atomic mass is 10.2. The molecule has 0 unspecified atom stereocenters. The van der Waals surface area contributed by atoms with Crippen molar-refractivity contribution >= 4 is 38.2 Å². The number of sulfonamides is 1. The first-order valence-electron chi connectivity index (χ1n) is 8.15. The number of aromatic hydroxyl groups is 1. The van der Waals surface area contributed by atoms with Crippen LogP contribution in [0.3, 0.4) is 0 Å². The smallest absolute Gasteiger partial charge is 0.285 e. The number of azo groups is 1. The molecular formula is C18H18N4O5S. The maximum absolute atomic E-state index is 12.3. The Bertz CT molecular complexity index is 1140. The molecule has 3 aromatic rings. The number of carbonyl (C=O) groups is 1. The van der Waals surface area contributed by atoms with E-state index < -0.39 is 22.5 Å².